The molecule has 5 heteroatoms. The summed E-state index contributed by atoms with van der Waals surface area (Å²) in [4.78, 5) is 29.2. The van der Waals surface area contributed by atoms with Gasteiger partial charge in [0.25, 0.3) is 11.7 Å². The molecule has 1 saturated heterocycles. The van der Waals surface area contributed by atoms with Crippen LogP contribution in [0.3, 0.4) is 0 Å². The molecule has 1 aromatic rings. The number of allylic oxidation sites excluding steroid dienone is 1. The number of aromatic amines is 1. The van der Waals surface area contributed by atoms with Gasteiger partial charge in [0.2, 0.25) is 0 Å². The van der Waals surface area contributed by atoms with Gasteiger partial charge in [-0.2, -0.15) is 0 Å². The molecule has 1 aromatic heterocycles. The molecule has 1 fully saturated rings. The van der Waals surface area contributed by atoms with Crippen LogP contribution in [0.25, 0.3) is 12.2 Å². The van der Waals surface area contributed by atoms with E-state index in [1.807, 2.05) is 26.8 Å². The Morgan fingerprint density at radius 1 is 1.27 bits per heavy atom. The number of rotatable bonds is 3. The summed E-state index contributed by atoms with van der Waals surface area (Å²) < 4.78 is 0. The van der Waals surface area contributed by atoms with Crippen molar-refractivity contribution in [2.24, 2.45) is 0 Å². The van der Waals surface area contributed by atoms with Crippen LogP contribution in [0.5, 0.6) is 0 Å². The van der Waals surface area contributed by atoms with E-state index in [9.17, 15) is 9.59 Å². The molecule has 0 atom stereocenters. The summed E-state index contributed by atoms with van der Waals surface area (Å²) in [7, 11) is 0. The minimum absolute atomic E-state index is 0.404. The summed E-state index contributed by atoms with van der Waals surface area (Å²) in [5.41, 5.74) is 0.404. The van der Waals surface area contributed by atoms with Crippen LogP contribution in [-0.2, 0) is 4.79 Å². The third-order valence-corrected chi connectivity index (χ3v) is 3.37. The fourth-order valence-electron chi connectivity index (χ4n) is 2.30. The molecule has 120 valence electrons. The van der Waals surface area contributed by atoms with Crippen LogP contribution in [-0.4, -0.2) is 47.8 Å². The van der Waals surface area contributed by atoms with Gasteiger partial charge in [-0.1, -0.05) is 38.7 Å². The quantitative estimate of drug-likeness (QED) is 0.628. The lowest BCUT2D eigenvalue weighted by Gasteiger charge is -2.26. The molecule has 2 rings (SSSR count). The topological polar surface area (TPSA) is 65.2 Å². The molecular weight excluding hydrogens is 278 g/mol. The second kappa shape index (κ2) is 9.00. The highest BCUT2D eigenvalue weighted by Gasteiger charge is 2.25. The Morgan fingerprint density at radius 2 is 1.91 bits per heavy atom. The van der Waals surface area contributed by atoms with Gasteiger partial charge in [-0.05, 0) is 6.92 Å². The maximum Gasteiger partial charge on any atom is 0.295 e. The van der Waals surface area contributed by atoms with Crippen LogP contribution in [0.4, 0.5) is 0 Å². The summed E-state index contributed by atoms with van der Waals surface area (Å²) in [5, 5.41) is 4.70. The van der Waals surface area contributed by atoms with Crippen molar-refractivity contribution < 1.29 is 9.59 Å². The number of hydrogen-bond donors (Lipinski definition) is 2. The van der Waals surface area contributed by atoms with E-state index in [-0.39, 0.29) is 0 Å². The lowest BCUT2D eigenvalue weighted by Crippen LogP contribution is -2.49. The van der Waals surface area contributed by atoms with E-state index in [0.717, 1.165) is 23.7 Å². The third-order valence-electron chi connectivity index (χ3n) is 3.37. The first kappa shape index (κ1) is 17.9. The average Bonchev–Trinajstić information content (AvgIpc) is 2.99. The number of carbonyl (C=O) groups excluding carboxylic acids is 2. The number of carbonyl (C=O) groups is 2. The molecule has 22 heavy (non-hydrogen) atoms. The first-order valence-corrected chi connectivity index (χ1v) is 7.70. The van der Waals surface area contributed by atoms with Crippen molar-refractivity contribution in [1.82, 2.24) is 15.2 Å². The van der Waals surface area contributed by atoms with Crippen LogP contribution in [0.2, 0.25) is 0 Å². The summed E-state index contributed by atoms with van der Waals surface area (Å²) in [6, 6.07) is 0. The van der Waals surface area contributed by atoms with E-state index < -0.39 is 11.7 Å². The molecule has 5 nitrogen and oxygen atoms in total. The van der Waals surface area contributed by atoms with E-state index in [1.54, 1.807) is 23.2 Å². The minimum Gasteiger partial charge on any atom is -0.361 e. The third kappa shape index (κ3) is 3.95. The van der Waals surface area contributed by atoms with E-state index >= 15 is 0 Å². The molecule has 0 aromatic carbocycles. The maximum absolute atomic E-state index is 12.4. The fourth-order valence-corrected chi connectivity index (χ4v) is 2.30. The number of Topliss-reactive ketones (excluding diaryl/α,β-unsaturated/α-hetero) is 1. The van der Waals surface area contributed by atoms with Gasteiger partial charge in [0, 0.05) is 42.9 Å². The van der Waals surface area contributed by atoms with E-state index in [0.29, 0.717) is 18.7 Å². The van der Waals surface area contributed by atoms with Crippen LogP contribution in [0.1, 0.15) is 31.1 Å². The average molecular weight is 303 g/mol. The number of ketones is 1. The molecule has 0 unspecified atom stereocenters. The molecule has 0 radical (unpaired) electrons. The highest BCUT2D eigenvalue weighted by Crippen LogP contribution is 1.99. The molecule has 0 bridgehead atoms. The molecule has 0 spiro atoms. The number of nitrogens with zero attached hydrogens (tertiary/aromatic N) is 1. The van der Waals surface area contributed by atoms with E-state index in [2.05, 4.69) is 16.9 Å². The van der Waals surface area contributed by atoms with Crippen molar-refractivity contribution in [2.75, 3.05) is 26.2 Å². The number of hydrogen-bond acceptors (Lipinski definition) is 3. The first-order chi connectivity index (χ1) is 10.7. The van der Waals surface area contributed by atoms with Crippen LogP contribution in [0, 0.1) is 0 Å². The molecular formula is C17H25N3O2. The van der Waals surface area contributed by atoms with Gasteiger partial charge in [0.05, 0.1) is 5.56 Å². The molecule has 0 saturated carbocycles. The van der Waals surface area contributed by atoms with E-state index in [4.69, 9.17) is 0 Å². The predicted molar refractivity (Wildman–Crippen MR) is 90.0 cm³/mol. The second-order valence-corrected chi connectivity index (χ2v) is 4.59. The SMILES string of the molecule is C=C/C=c1/c(C(=O)C(=O)N2CCNCC2)c[nH]/c1=C/C.CC. The highest BCUT2D eigenvalue weighted by atomic mass is 16.2. The van der Waals surface area contributed by atoms with Gasteiger partial charge < -0.3 is 15.2 Å². The van der Waals surface area contributed by atoms with Crippen molar-refractivity contribution in [3.63, 3.8) is 0 Å². The van der Waals surface area contributed by atoms with Crippen LogP contribution in [0.15, 0.2) is 18.9 Å². The molecule has 2 N–H and O–H groups in total. The predicted octanol–water partition coefficient (Wildman–Crippen LogP) is 0.422. The lowest BCUT2D eigenvalue weighted by atomic mass is 10.1. The summed E-state index contributed by atoms with van der Waals surface area (Å²) in [6.45, 7) is 12.1. The van der Waals surface area contributed by atoms with Crippen molar-refractivity contribution >= 4 is 23.8 Å². The molecule has 2 heterocycles. The number of nitrogens with one attached hydrogen (secondary N) is 2. The normalized spacial score (nSPS) is 16.0. The Hall–Kier alpha value is -2.14. The van der Waals surface area contributed by atoms with Gasteiger partial charge in [-0.3, -0.25) is 9.59 Å². The highest BCUT2D eigenvalue weighted by molar-refractivity contribution is 6.42. The summed E-state index contributed by atoms with van der Waals surface area (Å²) in [6.07, 6.45) is 6.81. The number of aromatic nitrogens is 1. The van der Waals surface area contributed by atoms with Gasteiger partial charge in [0.1, 0.15) is 0 Å². The Labute approximate surface area is 131 Å². The largest absolute Gasteiger partial charge is 0.361 e. The molecule has 1 amide bonds. The van der Waals surface area contributed by atoms with E-state index in [1.165, 1.54) is 0 Å². The number of amides is 1. The summed E-state index contributed by atoms with van der Waals surface area (Å²) in [5.74, 6) is -0.906. The van der Waals surface area contributed by atoms with Gasteiger partial charge in [-0.15, -0.1) is 0 Å². The standard InChI is InChI=1S/C15H19N3O2.C2H6/c1-3-5-11-12(10-17-13(11)4-2)14(19)15(20)18-8-6-16-7-9-18;1-2/h3-5,10,16-17H,1,6-9H2,2H3;1-2H3/b11-5-,13-4+;. The monoisotopic (exact) mass is 303 g/mol. The molecule has 0 aliphatic carbocycles. The Balaban J connectivity index is 0.00000116. The van der Waals surface area contributed by atoms with Gasteiger partial charge in [0.15, 0.2) is 0 Å². The smallest absolute Gasteiger partial charge is 0.295 e. The van der Waals surface area contributed by atoms with Crippen molar-refractivity contribution in [3.05, 3.63) is 35.0 Å². The molecule has 1 aliphatic heterocycles. The minimum atomic E-state index is -0.468. The number of piperazine rings is 1. The fraction of sp³-hybridized carbons (Fsp3) is 0.412. The van der Waals surface area contributed by atoms with Crippen LogP contribution < -0.4 is 15.9 Å². The zero-order valence-corrected chi connectivity index (χ0v) is 13.6. The van der Waals surface area contributed by atoms with Crippen LogP contribution >= 0.6 is 0 Å². The van der Waals surface area contributed by atoms with Crippen molar-refractivity contribution in [3.8, 4) is 0 Å². The zero-order valence-electron chi connectivity index (χ0n) is 13.6. The Bertz CT molecular complexity index is 637. The van der Waals surface area contributed by atoms with Crippen molar-refractivity contribution in [1.29, 1.82) is 0 Å². The zero-order chi connectivity index (χ0) is 16.5. The molecule has 1 aliphatic rings. The van der Waals surface area contributed by atoms with Gasteiger partial charge >= 0.3 is 0 Å². The Morgan fingerprint density at radius 3 is 2.45 bits per heavy atom. The van der Waals surface area contributed by atoms with Crippen molar-refractivity contribution in [2.45, 2.75) is 20.8 Å². The lowest BCUT2D eigenvalue weighted by molar-refractivity contribution is -0.127. The summed E-state index contributed by atoms with van der Waals surface area (Å²) >= 11 is 0. The first-order valence-electron chi connectivity index (χ1n) is 7.70. The number of H-pyrrole nitrogens is 1. The Kier molecular flexibility index (Phi) is 7.32. The second-order valence-electron chi connectivity index (χ2n) is 4.59. The van der Waals surface area contributed by atoms with Gasteiger partial charge in [-0.25, -0.2) is 0 Å². The maximum atomic E-state index is 12.4.